The zero-order valence-electron chi connectivity index (χ0n) is 9.14. The molecule has 86 valence electrons. The maximum absolute atomic E-state index is 11.8. The van der Waals surface area contributed by atoms with E-state index in [0.29, 0.717) is 6.54 Å². The molecule has 15 heavy (non-hydrogen) atoms. The van der Waals surface area contributed by atoms with Crippen molar-refractivity contribution in [2.75, 3.05) is 5.75 Å². The Morgan fingerprint density at radius 3 is 2.60 bits per heavy atom. The van der Waals surface area contributed by atoms with Gasteiger partial charge in [0.25, 0.3) is 0 Å². The van der Waals surface area contributed by atoms with E-state index in [1.54, 1.807) is 10.8 Å². The Kier molecular flexibility index (Phi) is 3.20. The Bertz CT molecular complexity index is 428. The van der Waals surface area contributed by atoms with Crippen LogP contribution in [0, 0.1) is 0 Å². The van der Waals surface area contributed by atoms with Gasteiger partial charge in [-0.1, -0.05) is 0 Å². The van der Waals surface area contributed by atoms with E-state index >= 15 is 0 Å². The molecule has 5 nitrogen and oxygen atoms in total. The Morgan fingerprint density at radius 2 is 2.13 bits per heavy atom. The van der Waals surface area contributed by atoms with Gasteiger partial charge in [-0.05, 0) is 20.8 Å². The van der Waals surface area contributed by atoms with Gasteiger partial charge in [0.2, 0.25) is 15.0 Å². The number of hydrogen-bond donors (Lipinski definition) is 1. The molecule has 0 spiro atoms. The Hall–Kier alpha value is -0.880. The highest BCUT2D eigenvalue weighted by atomic mass is 32.2. The standard InChI is InChI=1S/C9H16N2O3S/c1-4-11-6-5-10-8(11)15(13,14)7-9(2,3)12/h5-6,12H,4,7H2,1-3H3. The second kappa shape index (κ2) is 3.94. The summed E-state index contributed by atoms with van der Waals surface area (Å²) in [5.41, 5.74) is -1.25. The summed E-state index contributed by atoms with van der Waals surface area (Å²) in [6.45, 7) is 5.30. The van der Waals surface area contributed by atoms with Crippen molar-refractivity contribution in [3.63, 3.8) is 0 Å². The second-order valence-corrected chi connectivity index (χ2v) is 5.95. The van der Waals surface area contributed by atoms with Crippen molar-refractivity contribution in [2.24, 2.45) is 0 Å². The van der Waals surface area contributed by atoms with Gasteiger partial charge in [0.05, 0.1) is 11.4 Å². The molecule has 1 aromatic rings. The SMILES string of the molecule is CCn1ccnc1S(=O)(=O)CC(C)(C)O. The summed E-state index contributed by atoms with van der Waals surface area (Å²) in [4.78, 5) is 3.81. The summed E-state index contributed by atoms with van der Waals surface area (Å²) in [6.07, 6.45) is 3.05. The largest absolute Gasteiger partial charge is 0.389 e. The molecule has 0 saturated carbocycles. The molecule has 0 saturated heterocycles. The average Bonchev–Trinajstić information content (AvgIpc) is 2.46. The van der Waals surface area contributed by atoms with Crippen LogP contribution in [0.5, 0.6) is 0 Å². The number of aryl methyl sites for hydroxylation is 1. The lowest BCUT2D eigenvalue weighted by Gasteiger charge is -2.16. The normalized spacial score (nSPS) is 13.1. The number of imidazole rings is 1. The Labute approximate surface area is 89.7 Å². The van der Waals surface area contributed by atoms with Crippen molar-refractivity contribution in [3.05, 3.63) is 12.4 Å². The van der Waals surface area contributed by atoms with Crippen LogP contribution >= 0.6 is 0 Å². The van der Waals surface area contributed by atoms with Crippen LogP contribution in [-0.4, -0.2) is 34.4 Å². The first-order chi connectivity index (χ1) is 6.76. The van der Waals surface area contributed by atoms with E-state index in [2.05, 4.69) is 4.98 Å². The lowest BCUT2D eigenvalue weighted by Crippen LogP contribution is -2.31. The molecule has 1 N–H and O–H groups in total. The fraction of sp³-hybridized carbons (Fsp3) is 0.667. The third-order valence-electron chi connectivity index (χ3n) is 1.84. The maximum Gasteiger partial charge on any atom is 0.227 e. The van der Waals surface area contributed by atoms with Crippen LogP contribution in [0.2, 0.25) is 0 Å². The predicted molar refractivity (Wildman–Crippen MR) is 56.3 cm³/mol. The van der Waals surface area contributed by atoms with Gasteiger partial charge in [0.15, 0.2) is 0 Å². The topological polar surface area (TPSA) is 72.2 Å². The number of aromatic nitrogens is 2. The smallest absolute Gasteiger partial charge is 0.227 e. The molecule has 0 aliphatic rings. The average molecular weight is 232 g/mol. The Morgan fingerprint density at radius 1 is 1.53 bits per heavy atom. The molecule has 0 radical (unpaired) electrons. The highest BCUT2D eigenvalue weighted by Crippen LogP contribution is 2.14. The lowest BCUT2D eigenvalue weighted by molar-refractivity contribution is 0.105. The molecule has 0 aliphatic heterocycles. The van der Waals surface area contributed by atoms with E-state index in [1.807, 2.05) is 6.92 Å². The summed E-state index contributed by atoms with van der Waals surface area (Å²) >= 11 is 0. The summed E-state index contributed by atoms with van der Waals surface area (Å²) in [6, 6.07) is 0. The molecule has 0 aliphatic carbocycles. The first-order valence-corrected chi connectivity index (χ1v) is 6.38. The summed E-state index contributed by atoms with van der Waals surface area (Å²) < 4.78 is 25.2. The van der Waals surface area contributed by atoms with Crippen LogP contribution in [-0.2, 0) is 16.4 Å². The second-order valence-electron chi connectivity index (χ2n) is 4.07. The van der Waals surface area contributed by atoms with Crippen LogP contribution in [0.25, 0.3) is 0 Å². The number of sulfone groups is 1. The predicted octanol–water partition coefficient (Wildman–Crippen LogP) is 0.448. The highest BCUT2D eigenvalue weighted by molar-refractivity contribution is 7.91. The van der Waals surface area contributed by atoms with Crippen molar-refractivity contribution in [1.82, 2.24) is 9.55 Å². The lowest BCUT2D eigenvalue weighted by atomic mass is 10.2. The number of hydrogen-bond acceptors (Lipinski definition) is 4. The third kappa shape index (κ3) is 3.04. The number of nitrogens with zero attached hydrogens (tertiary/aromatic N) is 2. The number of aliphatic hydroxyl groups is 1. The van der Waals surface area contributed by atoms with Crippen LogP contribution < -0.4 is 0 Å². The van der Waals surface area contributed by atoms with Crippen molar-refractivity contribution in [2.45, 2.75) is 38.1 Å². The van der Waals surface area contributed by atoms with Gasteiger partial charge >= 0.3 is 0 Å². The summed E-state index contributed by atoms with van der Waals surface area (Å²) in [5, 5.41) is 9.52. The van der Waals surface area contributed by atoms with E-state index in [4.69, 9.17) is 0 Å². The van der Waals surface area contributed by atoms with Gasteiger partial charge in [0.1, 0.15) is 0 Å². The van der Waals surface area contributed by atoms with E-state index in [1.165, 1.54) is 20.0 Å². The van der Waals surface area contributed by atoms with Gasteiger partial charge in [-0.3, -0.25) is 0 Å². The molecule has 0 amide bonds. The summed E-state index contributed by atoms with van der Waals surface area (Å²) in [7, 11) is -3.52. The highest BCUT2D eigenvalue weighted by Gasteiger charge is 2.28. The molecule has 0 unspecified atom stereocenters. The molecule has 1 rings (SSSR count). The third-order valence-corrected chi connectivity index (χ3v) is 3.82. The van der Waals surface area contributed by atoms with E-state index in [0.717, 1.165) is 0 Å². The van der Waals surface area contributed by atoms with Crippen molar-refractivity contribution in [3.8, 4) is 0 Å². The Balaban J connectivity index is 3.07. The molecular formula is C9H16N2O3S. The van der Waals surface area contributed by atoms with Crippen LogP contribution in [0.1, 0.15) is 20.8 Å². The van der Waals surface area contributed by atoms with Gasteiger partial charge in [-0.2, -0.15) is 0 Å². The molecule has 0 bridgehead atoms. The molecule has 6 heteroatoms. The van der Waals surface area contributed by atoms with Crippen molar-refractivity contribution < 1.29 is 13.5 Å². The minimum atomic E-state index is -3.52. The van der Waals surface area contributed by atoms with Crippen molar-refractivity contribution >= 4 is 9.84 Å². The van der Waals surface area contributed by atoms with E-state index in [9.17, 15) is 13.5 Å². The first kappa shape index (κ1) is 12.2. The molecule has 0 fully saturated rings. The quantitative estimate of drug-likeness (QED) is 0.818. The fourth-order valence-electron chi connectivity index (χ4n) is 1.34. The minimum Gasteiger partial charge on any atom is -0.389 e. The van der Waals surface area contributed by atoms with Gasteiger partial charge in [-0.25, -0.2) is 13.4 Å². The van der Waals surface area contributed by atoms with Gasteiger partial charge < -0.3 is 9.67 Å². The van der Waals surface area contributed by atoms with Crippen LogP contribution in [0.3, 0.4) is 0 Å². The van der Waals surface area contributed by atoms with Crippen LogP contribution in [0.4, 0.5) is 0 Å². The molecule has 0 aromatic carbocycles. The monoisotopic (exact) mass is 232 g/mol. The van der Waals surface area contributed by atoms with Gasteiger partial charge in [-0.15, -0.1) is 0 Å². The zero-order valence-corrected chi connectivity index (χ0v) is 9.95. The van der Waals surface area contributed by atoms with E-state index < -0.39 is 15.4 Å². The van der Waals surface area contributed by atoms with Crippen molar-refractivity contribution in [1.29, 1.82) is 0 Å². The zero-order chi connectivity index (χ0) is 11.7. The molecule has 0 atom stereocenters. The molecular weight excluding hydrogens is 216 g/mol. The maximum atomic E-state index is 11.8. The minimum absolute atomic E-state index is 0.0205. The van der Waals surface area contributed by atoms with E-state index in [-0.39, 0.29) is 10.9 Å². The first-order valence-electron chi connectivity index (χ1n) is 4.72. The fourth-order valence-corrected chi connectivity index (χ4v) is 3.17. The molecule has 1 heterocycles. The number of rotatable bonds is 4. The molecule has 1 aromatic heterocycles. The van der Waals surface area contributed by atoms with Gasteiger partial charge in [0, 0.05) is 18.9 Å². The van der Waals surface area contributed by atoms with Crippen LogP contribution in [0.15, 0.2) is 17.6 Å². The summed E-state index contributed by atoms with van der Waals surface area (Å²) in [5.74, 6) is -0.322.